The third-order valence-corrected chi connectivity index (χ3v) is 2.09. The lowest BCUT2D eigenvalue weighted by molar-refractivity contribution is 0.428. The van der Waals surface area contributed by atoms with Crippen molar-refractivity contribution >= 4 is 15.9 Å². The van der Waals surface area contributed by atoms with E-state index in [1.54, 1.807) is 6.07 Å². The summed E-state index contributed by atoms with van der Waals surface area (Å²) in [6, 6.07) is 3.04. The summed E-state index contributed by atoms with van der Waals surface area (Å²) in [6.07, 6.45) is 0.760. The van der Waals surface area contributed by atoms with Gasteiger partial charge in [-0.3, -0.25) is 0 Å². The van der Waals surface area contributed by atoms with E-state index in [-0.39, 0.29) is 5.75 Å². The molecule has 0 saturated heterocycles. The van der Waals surface area contributed by atoms with Crippen molar-refractivity contribution in [3.63, 3.8) is 0 Å². The molecule has 0 bridgehead atoms. The van der Waals surface area contributed by atoms with Crippen LogP contribution in [0.4, 0.5) is 4.39 Å². The van der Waals surface area contributed by atoms with Gasteiger partial charge in [0.1, 0.15) is 0 Å². The molecule has 0 aromatic heterocycles. The van der Waals surface area contributed by atoms with Crippen LogP contribution in [0.1, 0.15) is 12.5 Å². The Hall–Kier alpha value is -0.570. The van der Waals surface area contributed by atoms with E-state index in [2.05, 4.69) is 15.9 Å². The van der Waals surface area contributed by atoms with Crippen LogP contribution in [0.3, 0.4) is 0 Å². The number of phenols is 1. The van der Waals surface area contributed by atoms with Gasteiger partial charge in [-0.05, 0) is 40.0 Å². The van der Waals surface area contributed by atoms with Crippen LogP contribution in [-0.4, -0.2) is 5.11 Å². The maximum absolute atomic E-state index is 12.7. The second kappa shape index (κ2) is 3.22. The summed E-state index contributed by atoms with van der Waals surface area (Å²) in [5.74, 6) is -0.890. The van der Waals surface area contributed by atoms with Crippen LogP contribution < -0.4 is 0 Å². The van der Waals surface area contributed by atoms with Gasteiger partial charge in [-0.15, -0.1) is 0 Å². The highest BCUT2D eigenvalue weighted by atomic mass is 79.9. The van der Waals surface area contributed by atoms with E-state index in [4.69, 9.17) is 5.11 Å². The van der Waals surface area contributed by atoms with Crippen molar-refractivity contribution in [2.24, 2.45) is 0 Å². The van der Waals surface area contributed by atoms with Crippen LogP contribution in [0.25, 0.3) is 0 Å². The molecule has 0 spiro atoms. The van der Waals surface area contributed by atoms with Crippen molar-refractivity contribution < 1.29 is 9.50 Å². The van der Waals surface area contributed by atoms with E-state index in [0.717, 1.165) is 12.0 Å². The molecule has 0 heterocycles. The summed E-state index contributed by atoms with van der Waals surface area (Å²) in [6.45, 7) is 1.93. The zero-order chi connectivity index (χ0) is 8.43. The molecule has 0 aliphatic heterocycles. The monoisotopic (exact) mass is 218 g/mol. The van der Waals surface area contributed by atoms with Crippen molar-refractivity contribution in [2.75, 3.05) is 0 Å². The highest BCUT2D eigenvalue weighted by Gasteiger charge is 2.05. The van der Waals surface area contributed by atoms with Gasteiger partial charge < -0.3 is 5.11 Å². The lowest BCUT2D eigenvalue weighted by Gasteiger charge is -2.01. The zero-order valence-electron chi connectivity index (χ0n) is 6.06. The smallest absolute Gasteiger partial charge is 0.166 e. The average Bonchev–Trinajstić information content (AvgIpc) is 1.99. The Labute approximate surface area is 73.0 Å². The lowest BCUT2D eigenvalue weighted by Crippen LogP contribution is -1.84. The third kappa shape index (κ3) is 1.71. The second-order valence-corrected chi connectivity index (χ2v) is 3.12. The van der Waals surface area contributed by atoms with Gasteiger partial charge in [-0.2, -0.15) is 0 Å². The number of rotatable bonds is 1. The Bertz CT molecular complexity index is 250. The molecule has 0 aliphatic carbocycles. The molecule has 1 N–H and O–H groups in total. The Morgan fingerprint density at radius 3 is 2.64 bits per heavy atom. The van der Waals surface area contributed by atoms with Crippen molar-refractivity contribution in [1.29, 1.82) is 0 Å². The van der Waals surface area contributed by atoms with Crippen LogP contribution >= 0.6 is 15.9 Å². The van der Waals surface area contributed by atoms with Crippen LogP contribution in [0, 0.1) is 5.82 Å². The van der Waals surface area contributed by atoms with Crippen LogP contribution in [0.15, 0.2) is 16.6 Å². The van der Waals surface area contributed by atoms with Gasteiger partial charge in [0.25, 0.3) is 0 Å². The van der Waals surface area contributed by atoms with Crippen LogP contribution in [-0.2, 0) is 6.42 Å². The fourth-order valence-corrected chi connectivity index (χ4v) is 1.31. The first-order valence-corrected chi connectivity index (χ1v) is 4.11. The molecule has 0 unspecified atom stereocenters. The molecule has 60 valence electrons. The minimum atomic E-state index is -0.573. The van der Waals surface area contributed by atoms with E-state index >= 15 is 0 Å². The van der Waals surface area contributed by atoms with Gasteiger partial charge in [0.15, 0.2) is 11.6 Å². The van der Waals surface area contributed by atoms with E-state index in [0.29, 0.717) is 4.47 Å². The molecule has 0 saturated carbocycles. The molecule has 0 aliphatic rings. The summed E-state index contributed by atoms with van der Waals surface area (Å²) in [7, 11) is 0. The van der Waals surface area contributed by atoms with Gasteiger partial charge in [0.2, 0.25) is 0 Å². The molecule has 0 atom stereocenters. The molecule has 0 amide bonds. The molecule has 1 nitrogen and oxygen atoms in total. The highest BCUT2D eigenvalue weighted by Crippen LogP contribution is 2.28. The largest absolute Gasteiger partial charge is 0.504 e. The van der Waals surface area contributed by atoms with E-state index in [1.165, 1.54) is 6.07 Å². The predicted octanol–water partition coefficient (Wildman–Crippen LogP) is 2.86. The summed E-state index contributed by atoms with van der Waals surface area (Å²) < 4.78 is 13.2. The molecule has 1 aromatic rings. The fraction of sp³-hybridized carbons (Fsp3) is 0.250. The Balaban J connectivity index is 3.21. The van der Waals surface area contributed by atoms with E-state index in [1.807, 2.05) is 6.92 Å². The summed E-state index contributed by atoms with van der Waals surface area (Å²) in [5.41, 5.74) is 0.868. The number of hydrogen-bond donors (Lipinski definition) is 1. The van der Waals surface area contributed by atoms with Crippen molar-refractivity contribution in [3.8, 4) is 5.75 Å². The molecular weight excluding hydrogens is 211 g/mol. The molecule has 1 rings (SSSR count). The Kier molecular flexibility index (Phi) is 2.49. The third-order valence-electron chi connectivity index (χ3n) is 1.48. The number of benzene rings is 1. The molecule has 0 fully saturated rings. The molecule has 3 heteroatoms. The molecule has 1 aromatic carbocycles. The Morgan fingerprint density at radius 1 is 1.55 bits per heavy atom. The molecule has 0 radical (unpaired) electrons. The average molecular weight is 219 g/mol. The van der Waals surface area contributed by atoms with Gasteiger partial charge in [-0.1, -0.05) is 6.92 Å². The number of halogens is 2. The van der Waals surface area contributed by atoms with Crippen molar-refractivity contribution in [2.45, 2.75) is 13.3 Å². The highest BCUT2D eigenvalue weighted by molar-refractivity contribution is 9.10. The predicted molar refractivity (Wildman–Crippen MR) is 45.1 cm³/mol. The quantitative estimate of drug-likeness (QED) is 0.769. The summed E-state index contributed by atoms with van der Waals surface area (Å²) in [4.78, 5) is 0. The van der Waals surface area contributed by atoms with E-state index < -0.39 is 5.82 Å². The SMILES string of the molecule is CCc1cc(F)c(O)c(Br)c1. The molecule has 11 heavy (non-hydrogen) atoms. The number of hydrogen-bond acceptors (Lipinski definition) is 1. The number of phenolic OH excluding ortho intramolecular Hbond substituents is 1. The topological polar surface area (TPSA) is 20.2 Å². The van der Waals surface area contributed by atoms with Gasteiger partial charge in [0, 0.05) is 0 Å². The summed E-state index contributed by atoms with van der Waals surface area (Å²) >= 11 is 3.05. The normalized spacial score (nSPS) is 10.1. The maximum Gasteiger partial charge on any atom is 0.166 e. The van der Waals surface area contributed by atoms with Gasteiger partial charge in [0.05, 0.1) is 4.47 Å². The first-order valence-electron chi connectivity index (χ1n) is 3.32. The Morgan fingerprint density at radius 2 is 2.18 bits per heavy atom. The minimum Gasteiger partial charge on any atom is -0.504 e. The van der Waals surface area contributed by atoms with Crippen LogP contribution in [0.2, 0.25) is 0 Å². The van der Waals surface area contributed by atoms with Crippen LogP contribution in [0.5, 0.6) is 5.75 Å². The lowest BCUT2D eigenvalue weighted by atomic mass is 10.1. The maximum atomic E-state index is 12.7. The van der Waals surface area contributed by atoms with E-state index in [9.17, 15) is 4.39 Å². The minimum absolute atomic E-state index is 0.317. The molecular formula is C8H8BrFO. The fourth-order valence-electron chi connectivity index (χ4n) is 0.822. The van der Waals surface area contributed by atoms with Crippen molar-refractivity contribution in [3.05, 3.63) is 28.0 Å². The van der Waals surface area contributed by atoms with Crippen molar-refractivity contribution in [1.82, 2.24) is 0 Å². The second-order valence-electron chi connectivity index (χ2n) is 2.26. The zero-order valence-corrected chi connectivity index (χ0v) is 7.65. The first kappa shape index (κ1) is 8.53. The first-order chi connectivity index (χ1) is 5.15. The van der Waals surface area contributed by atoms with Gasteiger partial charge in [-0.25, -0.2) is 4.39 Å². The summed E-state index contributed by atoms with van der Waals surface area (Å²) in [5, 5.41) is 9.00. The number of aromatic hydroxyl groups is 1. The number of aryl methyl sites for hydroxylation is 1. The van der Waals surface area contributed by atoms with Gasteiger partial charge >= 0.3 is 0 Å². The standard InChI is InChI=1S/C8H8BrFO/c1-2-5-3-6(9)8(11)7(10)4-5/h3-4,11H,2H2,1H3.